The van der Waals surface area contributed by atoms with Gasteiger partial charge in [0.15, 0.2) is 0 Å². The fraction of sp³-hybridized carbons (Fsp3) is 0.435. The molecule has 7 heteroatoms. The van der Waals surface area contributed by atoms with Crippen LogP contribution < -0.4 is 16.0 Å². The summed E-state index contributed by atoms with van der Waals surface area (Å²) in [5, 5.41) is 15.0. The van der Waals surface area contributed by atoms with Gasteiger partial charge in [-0.25, -0.2) is 0 Å². The largest absolute Gasteiger partial charge is 0.390 e. The van der Waals surface area contributed by atoms with Crippen molar-refractivity contribution >= 4 is 23.2 Å². The molecule has 0 aliphatic carbocycles. The number of anilines is 1. The van der Waals surface area contributed by atoms with E-state index in [2.05, 4.69) is 27.2 Å². The predicted molar refractivity (Wildman–Crippen MR) is 120 cm³/mol. The molecule has 4 rings (SSSR count). The average Bonchev–Trinajstić information content (AvgIpc) is 3.11. The average molecular weight is 429 g/mol. The lowest BCUT2D eigenvalue weighted by Crippen LogP contribution is -2.49. The zero-order valence-electron chi connectivity index (χ0n) is 17.0. The van der Waals surface area contributed by atoms with Gasteiger partial charge < -0.3 is 21.1 Å². The smallest absolute Gasteiger partial charge is 0.250 e. The van der Waals surface area contributed by atoms with Crippen molar-refractivity contribution in [1.29, 1.82) is 0 Å². The van der Waals surface area contributed by atoms with Crippen molar-refractivity contribution in [2.24, 2.45) is 5.73 Å². The number of aliphatic hydroxyl groups excluding tert-OH is 1. The van der Waals surface area contributed by atoms with Gasteiger partial charge in [0.1, 0.15) is 0 Å². The summed E-state index contributed by atoms with van der Waals surface area (Å²) in [5.41, 5.74) is 8.10. The van der Waals surface area contributed by atoms with Gasteiger partial charge >= 0.3 is 0 Å². The van der Waals surface area contributed by atoms with Crippen LogP contribution in [0.1, 0.15) is 28.8 Å². The topological polar surface area (TPSA) is 81.8 Å². The number of halogens is 1. The van der Waals surface area contributed by atoms with Crippen molar-refractivity contribution in [3.63, 3.8) is 0 Å². The zero-order chi connectivity index (χ0) is 21.1. The first-order valence-corrected chi connectivity index (χ1v) is 10.9. The highest BCUT2D eigenvalue weighted by Crippen LogP contribution is 2.25. The van der Waals surface area contributed by atoms with Crippen LogP contribution in [0.3, 0.4) is 0 Å². The second kappa shape index (κ2) is 9.35. The van der Waals surface area contributed by atoms with Gasteiger partial charge in [-0.2, -0.15) is 0 Å². The SMILES string of the molecule is NC(=O)c1ccccc1N1C[C@@H](O)[C@H](NC2CCN(Cc3ccc(Cl)cc3)CC2)C1. The maximum atomic E-state index is 11.7. The van der Waals surface area contributed by atoms with Gasteiger partial charge in [0.05, 0.1) is 17.7 Å². The monoisotopic (exact) mass is 428 g/mol. The normalized spacial score (nSPS) is 23.1. The number of β-amino-alcohol motifs (C(OH)–C–C–N with tert-alkyl or cyclic N) is 1. The number of carbonyl (C=O) groups is 1. The van der Waals surface area contributed by atoms with E-state index in [-0.39, 0.29) is 6.04 Å². The molecule has 1 amide bonds. The van der Waals surface area contributed by atoms with Crippen LogP contribution in [0.2, 0.25) is 5.02 Å². The van der Waals surface area contributed by atoms with Crippen molar-refractivity contribution in [1.82, 2.24) is 10.2 Å². The van der Waals surface area contributed by atoms with Crippen LogP contribution in [0.4, 0.5) is 5.69 Å². The molecule has 0 spiro atoms. The number of carbonyl (C=O) groups excluding carboxylic acids is 1. The molecular formula is C23H29ClN4O2. The van der Waals surface area contributed by atoms with Crippen LogP contribution in [0, 0.1) is 0 Å². The Bertz CT molecular complexity index is 868. The number of primary amides is 1. The summed E-state index contributed by atoms with van der Waals surface area (Å²) >= 11 is 5.97. The third-order valence-corrected chi connectivity index (χ3v) is 6.41. The number of nitrogens with zero attached hydrogens (tertiary/aromatic N) is 2. The Kier molecular flexibility index (Phi) is 6.58. The van der Waals surface area contributed by atoms with Crippen molar-refractivity contribution < 1.29 is 9.90 Å². The van der Waals surface area contributed by atoms with E-state index in [1.54, 1.807) is 6.07 Å². The maximum Gasteiger partial charge on any atom is 0.250 e. The van der Waals surface area contributed by atoms with Crippen molar-refractivity contribution in [2.75, 3.05) is 31.1 Å². The molecule has 2 aliphatic heterocycles. The Hall–Kier alpha value is -2.12. The first-order chi connectivity index (χ1) is 14.5. The van der Waals surface area contributed by atoms with E-state index in [1.807, 2.05) is 30.3 Å². The van der Waals surface area contributed by atoms with Crippen LogP contribution >= 0.6 is 11.6 Å². The summed E-state index contributed by atoms with van der Waals surface area (Å²) in [5.74, 6) is -0.440. The Morgan fingerprint density at radius 2 is 1.80 bits per heavy atom. The lowest BCUT2D eigenvalue weighted by Gasteiger charge is -2.34. The van der Waals surface area contributed by atoms with E-state index in [1.165, 1.54) is 5.56 Å². The van der Waals surface area contributed by atoms with Crippen molar-refractivity contribution in [2.45, 2.75) is 37.6 Å². The van der Waals surface area contributed by atoms with Crippen LogP contribution in [0.15, 0.2) is 48.5 Å². The number of nitrogens with one attached hydrogen (secondary N) is 1. The van der Waals surface area contributed by atoms with E-state index in [9.17, 15) is 9.90 Å². The number of benzene rings is 2. The van der Waals surface area contributed by atoms with Gasteiger partial charge in [-0.15, -0.1) is 0 Å². The molecule has 2 heterocycles. The molecule has 0 unspecified atom stereocenters. The minimum absolute atomic E-state index is 0.0150. The summed E-state index contributed by atoms with van der Waals surface area (Å²) in [4.78, 5) is 16.3. The molecule has 2 aromatic rings. The second-order valence-electron chi connectivity index (χ2n) is 8.30. The van der Waals surface area contributed by atoms with Crippen LogP contribution in [-0.4, -0.2) is 60.3 Å². The first-order valence-electron chi connectivity index (χ1n) is 10.5. The highest BCUT2D eigenvalue weighted by atomic mass is 35.5. The number of aliphatic hydroxyl groups is 1. The van der Waals surface area contributed by atoms with Gasteiger partial charge in [0.25, 0.3) is 5.91 Å². The minimum Gasteiger partial charge on any atom is -0.390 e. The Labute approximate surface area is 182 Å². The predicted octanol–water partition coefficient (Wildman–Crippen LogP) is 2.24. The number of rotatable bonds is 6. The van der Waals surface area contributed by atoms with E-state index in [0.29, 0.717) is 24.7 Å². The number of para-hydroxylation sites is 1. The summed E-state index contributed by atoms with van der Waals surface area (Å²) in [6.45, 7) is 4.15. The van der Waals surface area contributed by atoms with Crippen molar-refractivity contribution in [3.05, 3.63) is 64.7 Å². The fourth-order valence-electron chi connectivity index (χ4n) is 4.51. The van der Waals surface area contributed by atoms with Crippen molar-refractivity contribution in [3.8, 4) is 0 Å². The number of hydrogen-bond acceptors (Lipinski definition) is 5. The van der Waals surface area contributed by atoms with Gasteiger partial charge in [0.2, 0.25) is 0 Å². The zero-order valence-corrected chi connectivity index (χ0v) is 17.8. The molecule has 30 heavy (non-hydrogen) atoms. The quantitative estimate of drug-likeness (QED) is 0.657. The van der Waals surface area contributed by atoms with Gasteiger partial charge in [-0.05, 0) is 55.8 Å². The van der Waals surface area contributed by atoms with E-state index in [4.69, 9.17) is 17.3 Å². The van der Waals surface area contributed by atoms with E-state index < -0.39 is 12.0 Å². The molecule has 2 aromatic carbocycles. The van der Waals surface area contributed by atoms with Gasteiger partial charge in [-0.3, -0.25) is 9.69 Å². The third kappa shape index (κ3) is 4.95. The Morgan fingerprint density at radius 3 is 2.50 bits per heavy atom. The summed E-state index contributed by atoms with van der Waals surface area (Å²) < 4.78 is 0. The highest BCUT2D eigenvalue weighted by molar-refractivity contribution is 6.30. The number of amides is 1. The Balaban J connectivity index is 1.29. The fourth-order valence-corrected chi connectivity index (χ4v) is 4.64. The van der Waals surface area contributed by atoms with Gasteiger partial charge in [-0.1, -0.05) is 35.9 Å². The van der Waals surface area contributed by atoms with Gasteiger partial charge in [0, 0.05) is 36.4 Å². The van der Waals surface area contributed by atoms with Crippen LogP contribution in [-0.2, 0) is 6.54 Å². The molecule has 0 bridgehead atoms. The third-order valence-electron chi connectivity index (χ3n) is 6.16. The number of likely N-dealkylation sites (tertiary alicyclic amines) is 1. The molecule has 0 saturated carbocycles. The van der Waals surface area contributed by atoms with Crippen LogP contribution in [0.25, 0.3) is 0 Å². The standard InChI is InChI=1S/C23H29ClN4O2/c24-17-7-5-16(6-8-17)13-27-11-9-18(10-12-27)26-20-14-28(15-22(20)29)21-4-2-1-3-19(21)23(25)30/h1-8,18,20,22,26,29H,9-15H2,(H2,25,30)/t20-,22-/m1/s1. The molecule has 0 radical (unpaired) electrons. The molecule has 2 saturated heterocycles. The molecule has 2 atom stereocenters. The first kappa shape index (κ1) is 21.1. The van der Waals surface area contributed by atoms with Crippen LogP contribution in [0.5, 0.6) is 0 Å². The number of hydrogen-bond donors (Lipinski definition) is 3. The summed E-state index contributed by atoms with van der Waals surface area (Å²) in [6, 6.07) is 15.8. The number of piperidine rings is 1. The molecule has 160 valence electrons. The van der Waals surface area contributed by atoms with E-state index >= 15 is 0 Å². The molecule has 0 aromatic heterocycles. The minimum atomic E-state index is -0.474. The molecule has 4 N–H and O–H groups in total. The number of nitrogens with two attached hydrogens (primary N) is 1. The Morgan fingerprint density at radius 1 is 1.10 bits per heavy atom. The molecule has 2 aliphatic rings. The highest BCUT2D eigenvalue weighted by Gasteiger charge is 2.34. The maximum absolute atomic E-state index is 11.7. The molecular weight excluding hydrogens is 400 g/mol. The second-order valence-corrected chi connectivity index (χ2v) is 8.74. The molecule has 6 nitrogen and oxygen atoms in total. The molecule has 2 fully saturated rings. The summed E-state index contributed by atoms with van der Waals surface area (Å²) in [6.07, 6.45) is 1.63. The lowest BCUT2D eigenvalue weighted by molar-refractivity contribution is 0.100. The summed E-state index contributed by atoms with van der Waals surface area (Å²) in [7, 11) is 0. The lowest BCUT2D eigenvalue weighted by atomic mass is 10.0. The van der Waals surface area contributed by atoms with E-state index in [0.717, 1.165) is 43.2 Å².